The molecular formula is C15H18F2N2O2. The van der Waals surface area contributed by atoms with Crippen LogP contribution in [0.15, 0.2) is 36.5 Å². The molecule has 0 saturated carbocycles. The first kappa shape index (κ1) is 15.4. The van der Waals surface area contributed by atoms with Gasteiger partial charge in [0.25, 0.3) is 0 Å². The summed E-state index contributed by atoms with van der Waals surface area (Å²) >= 11 is 0. The summed E-state index contributed by atoms with van der Waals surface area (Å²) in [4.78, 5) is 0. The van der Waals surface area contributed by atoms with Gasteiger partial charge in [-0.25, -0.2) is 0 Å². The zero-order valence-electron chi connectivity index (χ0n) is 11.9. The van der Waals surface area contributed by atoms with Crippen LogP contribution in [0.2, 0.25) is 0 Å². The lowest BCUT2D eigenvalue weighted by Crippen LogP contribution is -2.06. The van der Waals surface area contributed by atoms with Gasteiger partial charge in [-0.2, -0.15) is 13.9 Å². The van der Waals surface area contributed by atoms with Crippen LogP contribution in [-0.2, 0) is 6.42 Å². The van der Waals surface area contributed by atoms with Crippen molar-refractivity contribution in [3.05, 3.63) is 47.8 Å². The van der Waals surface area contributed by atoms with Crippen LogP contribution in [0, 0.1) is 0 Å². The van der Waals surface area contributed by atoms with Crippen LogP contribution in [0.1, 0.15) is 37.3 Å². The summed E-state index contributed by atoms with van der Waals surface area (Å²) in [6.45, 7) is 1.20. The van der Waals surface area contributed by atoms with Gasteiger partial charge in [-0.3, -0.25) is 4.68 Å². The molecule has 1 N–H and O–H groups in total. The second kappa shape index (κ2) is 6.67. The molecule has 1 aromatic heterocycles. The molecule has 6 heteroatoms. The largest absolute Gasteiger partial charge is 0.435 e. The van der Waals surface area contributed by atoms with Gasteiger partial charge in [-0.1, -0.05) is 12.1 Å². The van der Waals surface area contributed by atoms with Crippen molar-refractivity contribution in [3.8, 4) is 5.75 Å². The Kier molecular flexibility index (Phi) is 4.90. The quantitative estimate of drug-likeness (QED) is 0.889. The van der Waals surface area contributed by atoms with Crippen LogP contribution in [0.4, 0.5) is 8.78 Å². The number of hydrogen-bond acceptors (Lipinski definition) is 3. The smallest absolute Gasteiger partial charge is 0.387 e. The van der Waals surface area contributed by atoms with E-state index < -0.39 is 12.7 Å². The van der Waals surface area contributed by atoms with E-state index in [2.05, 4.69) is 9.84 Å². The Labute approximate surface area is 122 Å². The number of alkyl halides is 2. The van der Waals surface area contributed by atoms with Gasteiger partial charge in [-0.15, -0.1) is 0 Å². The predicted molar refractivity (Wildman–Crippen MR) is 74.3 cm³/mol. The topological polar surface area (TPSA) is 47.3 Å². The molecule has 0 radical (unpaired) electrons. The highest BCUT2D eigenvalue weighted by molar-refractivity contribution is 5.29. The molecule has 21 heavy (non-hydrogen) atoms. The molecule has 0 bridgehead atoms. The molecule has 0 spiro atoms. The van der Waals surface area contributed by atoms with Gasteiger partial charge in [0.2, 0.25) is 0 Å². The minimum absolute atomic E-state index is 0.0741. The van der Waals surface area contributed by atoms with Crippen molar-refractivity contribution in [2.45, 2.75) is 39.0 Å². The lowest BCUT2D eigenvalue weighted by molar-refractivity contribution is -0.0498. The molecular weight excluding hydrogens is 278 g/mol. The Morgan fingerprint density at radius 3 is 2.38 bits per heavy atom. The molecule has 2 rings (SSSR count). The minimum atomic E-state index is -2.85. The van der Waals surface area contributed by atoms with Gasteiger partial charge < -0.3 is 9.84 Å². The number of rotatable bonds is 6. The van der Waals surface area contributed by atoms with Gasteiger partial charge in [0.15, 0.2) is 0 Å². The number of halogens is 2. The minimum Gasteiger partial charge on any atom is -0.435 e. The summed E-state index contributed by atoms with van der Waals surface area (Å²) in [7, 11) is 0. The van der Waals surface area contributed by atoms with Crippen molar-refractivity contribution in [1.29, 1.82) is 0 Å². The van der Waals surface area contributed by atoms with Gasteiger partial charge in [-0.05, 0) is 37.6 Å². The van der Waals surface area contributed by atoms with Crippen LogP contribution in [0.5, 0.6) is 5.75 Å². The number of nitrogens with zero attached hydrogens (tertiary/aromatic N) is 2. The molecule has 0 aliphatic rings. The van der Waals surface area contributed by atoms with E-state index in [0.29, 0.717) is 12.0 Å². The third-order valence-electron chi connectivity index (χ3n) is 3.09. The van der Waals surface area contributed by atoms with Crippen LogP contribution >= 0.6 is 0 Å². The fourth-order valence-electron chi connectivity index (χ4n) is 1.96. The molecule has 2 aromatic rings. The summed E-state index contributed by atoms with van der Waals surface area (Å²) < 4.78 is 30.2. The van der Waals surface area contributed by atoms with Gasteiger partial charge in [0.05, 0.1) is 11.8 Å². The molecule has 0 saturated heterocycles. The molecule has 0 aliphatic heterocycles. The highest BCUT2D eigenvalue weighted by atomic mass is 19.3. The van der Waals surface area contributed by atoms with Crippen LogP contribution in [0.3, 0.4) is 0 Å². The van der Waals surface area contributed by atoms with Crippen LogP contribution in [0.25, 0.3) is 0 Å². The monoisotopic (exact) mass is 296 g/mol. The Morgan fingerprint density at radius 2 is 1.86 bits per heavy atom. The van der Waals surface area contributed by atoms with E-state index >= 15 is 0 Å². The molecule has 1 aromatic carbocycles. The number of aromatic nitrogens is 2. The fraction of sp³-hybridized carbons (Fsp3) is 0.400. The van der Waals surface area contributed by atoms with Gasteiger partial charge in [0, 0.05) is 18.7 Å². The summed E-state index contributed by atoms with van der Waals surface area (Å²) in [6.07, 6.45) is 1.50. The number of aliphatic hydroxyl groups excluding tert-OH is 1. The number of hydrogen-bond donors (Lipinski definition) is 1. The van der Waals surface area contributed by atoms with Crippen molar-refractivity contribution >= 4 is 0 Å². The summed E-state index contributed by atoms with van der Waals surface area (Å²) in [5.41, 5.74) is 1.42. The highest BCUT2D eigenvalue weighted by Gasteiger charge is 2.12. The first-order valence-corrected chi connectivity index (χ1v) is 6.72. The average Bonchev–Trinajstić information content (AvgIpc) is 2.87. The fourth-order valence-corrected chi connectivity index (χ4v) is 1.96. The predicted octanol–water partition coefficient (Wildman–Crippen LogP) is 3.34. The molecule has 114 valence electrons. The summed E-state index contributed by atoms with van der Waals surface area (Å²) in [6, 6.07) is 8.09. The first-order valence-electron chi connectivity index (χ1n) is 6.72. The Balaban J connectivity index is 2.00. The number of ether oxygens (including phenoxy) is 1. The van der Waals surface area contributed by atoms with Crippen molar-refractivity contribution in [1.82, 2.24) is 9.78 Å². The highest BCUT2D eigenvalue weighted by Crippen LogP contribution is 2.22. The van der Waals surface area contributed by atoms with Gasteiger partial charge in [0.1, 0.15) is 5.75 Å². The molecule has 0 fully saturated rings. The normalized spacial score (nSPS) is 12.9. The van der Waals surface area contributed by atoms with E-state index in [-0.39, 0.29) is 11.8 Å². The first-order chi connectivity index (χ1) is 9.95. The van der Waals surface area contributed by atoms with E-state index in [1.54, 1.807) is 12.1 Å². The van der Waals surface area contributed by atoms with Crippen molar-refractivity contribution in [2.75, 3.05) is 0 Å². The van der Waals surface area contributed by atoms with Gasteiger partial charge >= 0.3 is 6.61 Å². The Hall–Kier alpha value is -1.95. The lowest BCUT2D eigenvalue weighted by Gasteiger charge is -2.11. The van der Waals surface area contributed by atoms with E-state index in [9.17, 15) is 13.9 Å². The third kappa shape index (κ3) is 4.26. The Bertz CT molecular complexity index is 567. The van der Waals surface area contributed by atoms with E-state index in [0.717, 1.165) is 5.69 Å². The molecule has 4 nitrogen and oxygen atoms in total. The SMILES string of the molecule is CC(C)n1ccc(CC(O)c2ccc(OC(F)F)cc2)n1. The van der Waals surface area contributed by atoms with Crippen LogP contribution in [-0.4, -0.2) is 21.5 Å². The van der Waals surface area contributed by atoms with Crippen LogP contribution < -0.4 is 4.74 Å². The van der Waals surface area contributed by atoms with E-state index in [1.807, 2.05) is 30.8 Å². The van der Waals surface area contributed by atoms with E-state index in [4.69, 9.17) is 0 Å². The summed E-state index contributed by atoms with van der Waals surface area (Å²) in [5, 5.41) is 14.5. The number of aliphatic hydroxyl groups is 1. The maximum absolute atomic E-state index is 12.1. The van der Waals surface area contributed by atoms with Crippen molar-refractivity contribution < 1.29 is 18.6 Å². The maximum Gasteiger partial charge on any atom is 0.387 e. The zero-order valence-corrected chi connectivity index (χ0v) is 11.9. The maximum atomic E-state index is 12.1. The molecule has 0 amide bonds. The Morgan fingerprint density at radius 1 is 1.19 bits per heavy atom. The third-order valence-corrected chi connectivity index (χ3v) is 3.09. The van der Waals surface area contributed by atoms with Crippen molar-refractivity contribution in [3.63, 3.8) is 0 Å². The second-order valence-electron chi connectivity index (χ2n) is 5.05. The molecule has 1 heterocycles. The average molecular weight is 296 g/mol. The molecule has 1 atom stereocenters. The lowest BCUT2D eigenvalue weighted by atomic mass is 10.1. The summed E-state index contributed by atoms with van der Waals surface area (Å²) in [5.74, 6) is 0.0741. The zero-order chi connectivity index (χ0) is 15.4. The standard InChI is InChI=1S/C15H18F2N2O2/c1-10(2)19-8-7-12(18-19)9-14(20)11-3-5-13(6-4-11)21-15(16)17/h3-8,10,14-15,20H,9H2,1-2H3. The van der Waals surface area contributed by atoms with E-state index in [1.165, 1.54) is 12.1 Å². The second-order valence-corrected chi connectivity index (χ2v) is 5.05. The van der Waals surface area contributed by atoms with Crippen molar-refractivity contribution in [2.24, 2.45) is 0 Å². The molecule has 0 aliphatic carbocycles. The number of benzene rings is 1. The molecule has 1 unspecified atom stereocenters.